The van der Waals surface area contributed by atoms with E-state index in [4.69, 9.17) is 4.98 Å². The van der Waals surface area contributed by atoms with E-state index < -0.39 is 0 Å². The van der Waals surface area contributed by atoms with Crippen LogP contribution in [0.5, 0.6) is 0 Å². The van der Waals surface area contributed by atoms with Gasteiger partial charge in [0.05, 0.1) is 11.3 Å². The van der Waals surface area contributed by atoms with Gasteiger partial charge in [-0.15, -0.1) is 0 Å². The van der Waals surface area contributed by atoms with Gasteiger partial charge in [0.2, 0.25) is 0 Å². The van der Waals surface area contributed by atoms with Crippen molar-refractivity contribution < 1.29 is 0 Å². The first kappa shape index (κ1) is 15.9. The topological polar surface area (TPSA) is 49.0 Å². The zero-order valence-electron chi connectivity index (χ0n) is 14.0. The average Bonchev–Trinajstić information content (AvgIpc) is 2.54. The van der Waals surface area contributed by atoms with E-state index in [9.17, 15) is 4.79 Å². The third-order valence-electron chi connectivity index (χ3n) is 4.40. The van der Waals surface area contributed by atoms with Gasteiger partial charge < -0.3 is 4.98 Å². The number of benzene rings is 1. The summed E-state index contributed by atoms with van der Waals surface area (Å²) in [5.41, 5.74) is 3.18. The largest absolute Gasteiger partial charge is 0.310 e. The van der Waals surface area contributed by atoms with E-state index in [1.807, 2.05) is 6.07 Å². The van der Waals surface area contributed by atoms with Crippen LogP contribution in [0.25, 0.3) is 0 Å². The van der Waals surface area contributed by atoms with Crippen LogP contribution in [-0.2, 0) is 25.9 Å². The van der Waals surface area contributed by atoms with Gasteiger partial charge in [-0.2, -0.15) is 0 Å². The van der Waals surface area contributed by atoms with E-state index in [0.29, 0.717) is 12.5 Å². The number of nitrogens with one attached hydrogen (secondary N) is 1. The van der Waals surface area contributed by atoms with Crippen LogP contribution in [0.4, 0.5) is 0 Å². The highest BCUT2D eigenvalue weighted by molar-refractivity contribution is 5.22. The Morgan fingerprint density at radius 1 is 1.26 bits per heavy atom. The summed E-state index contributed by atoms with van der Waals surface area (Å²) in [7, 11) is 0. The van der Waals surface area contributed by atoms with Crippen LogP contribution in [0.2, 0.25) is 0 Å². The lowest BCUT2D eigenvalue weighted by molar-refractivity contribution is 0.241. The molecule has 0 radical (unpaired) electrons. The van der Waals surface area contributed by atoms with Crippen LogP contribution >= 0.6 is 0 Å². The van der Waals surface area contributed by atoms with E-state index in [-0.39, 0.29) is 5.56 Å². The second-order valence-corrected chi connectivity index (χ2v) is 6.82. The van der Waals surface area contributed by atoms with Crippen molar-refractivity contribution in [2.45, 2.75) is 46.2 Å². The first-order chi connectivity index (χ1) is 11.1. The van der Waals surface area contributed by atoms with Gasteiger partial charge in [0.1, 0.15) is 5.82 Å². The fourth-order valence-electron chi connectivity index (χ4n) is 3.05. The molecule has 23 heavy (non-hydrogen) atoms. The minimum absolute atomic E-state index is 0.0477. The van der Waals surface area contributed by atoms with Crippen LogP contribution in [0, 0.1) is 5.92 Å². The van der Waals surface area contributed by atoms with Gasteiger partial charge in [0.15, 0.2) is 0 Å². The van der Waals surface area contributed by atoms with Crippen LogP contribution < -0.4 is 5.56 Å². The summed E-state index contributed by atoms with van der Waals surface area (Å²) in [4.78, 5) is 22.4. The van der Waals surface area contributed by atoms with Crippen LogP contribution in [0.1, 0.15) is 42.9 Å². The third kappa shape index (κ3) is 4.08. The van der Waals surface area contributed by atoms with Crippen molar-refractivity contribution in [3.8, 4) is 0 Å². The molecule has 0 unspecified atom stereocenters. The van der Waals surface area contributed by atoms with E-state index >= 15 is 0 Å². The van der Waals surface area contributed by atoms with E-state index in [2.05, 4.69) is 48.0 Å². The summed E-state index contributed by atoms with van der Waals surface area (Å²) in [6.45, 7) is 6.92. The van der Waals surface area contributed by atoms with Crippen molar-refractivity contribution in [2.24, 2.45) is 5.92 Å². The van der Waals surface area contributed by atoms with E-state index in [1.54, 1.807) is 0 Å². The minimum atomic E-state index is 0.0477. The SMILES string of the molecule is CC(C)CCc1nc2c(c(=O)[nH]1)CN(Cc1ccccc1)CC2. The molecule has 1 aliphatic heterocycles. The molecule has 1 aliphatic rings. The second-order valence-electron chi connectivity index (χ2n) is 6.82. The first-order valence-corrected chi connectivity index (χ1v) is 8.49. The second kappa shape index (κ2) is 7.09. The highest BCUT2D eigenvalue weighted by Crippen LogP contribution is 2.17. The van der Waals surface area contributed by atoms with Gasteiger partial charge >= 0.3 is 0 Å². The number of aromatic nitrogens is 2. The minimum Gasteiger partial charge on any atom is -0.310 e. The predicted octanol–water partition coefficient (Wildman–Crippen LogP) is 2.92. The van der Waals surface area contributed by atoms with Crippen LogP contribution in [-0.4, -0.2) is 21.4 Å². The van der Waals surface area contributed by atoms with Gasteiger partial charge in [-0.3, -0.25) is 9.69 Å². The molecule has 0 spiro atoms. The lowest BCUT2D eigenvalue weighted by Gasteiger charge is -2.27. The molecule has 4 nitrogen and oxygen atoms in total. The molecule has 0 saturated heterocycles. The summed E-state index contributed by atoms with van der Waals surface area (Å²) in [5, 5.41) is 0. The number of fused-ring (bicyclic) bond motifs is 1. The Labute approximate surface area is 137 Å². The highest BCUT2D eigenvalue weighted by atomic mass is 16.1. The summed E-state index contributed by atoms with van der Waals surface area (Å²) >= 11 is 0. The molecule has 122 valence electrons. The molecule has 1 N–H and O–H groups in total. The maximum Gasteiger partial charge on any atom is 0.255 e. The lowest BCUT2D eigenvalue weighted by atomic mass is 10.0. The van der Waals surface area contributed by atoms with E-state index in [1.165, 1.54) is 5.56 Å². The zero-order valence-corrected chi connectivity index (χ0v) is 14.0. The van der Waals surface area contributed by atoms with Crippen molar-refractivity contribution in [3.63, 3.8) is 0 Å². The standard InChI is InChI=1S/C19H25N3O/c1-14(2)8-9-18-20-17-10-11-22(13-16(17)19(23)21-18)12-15-6-4-3-5-7-15/h3-7,14H,8-13H2,1-2H3,(H,20,21,23). The van der Waals surface area contributed by atoms with Crippen molar-refractivity contribution in [3.05, 3.63) is 63.3 Å². The summed E-state index contributed by atoms with van der Waals surface area (Å²) < 4.78 is 0. The quantitative estimate of drug-likeness (QED) is 0.923. The first-order valence-electron chi connectivity index (χ1n) is 8.49. The normalized spacial score (nSPS) is 14.9. The molecular formula is C19H25N3O. The summed E-state index contributed by atoms with van der Waals surface area (Å²) in [6.07, 6.45) is 2.77. The van der Waals surface area contributed by atoms with Crippen molar-refractivity contribution in [1.82, 2.24) is 14.9 Å². The van der Waals surface area contributed by atoms with Crippen LogP contribution in [0.3, 0.4) is 0 Å². The number of hydrogen-bond acceptors (Lipinski definition) is 3. The molecule has 0 bridgehead atoms. The van der Waals surface area contributed by atoms with Gasteiger partial charge in [0.25, 0.3) is 5.56 Å². The van der Waals surface area contributed by atoms with Crippen LogP contribution in [0.15, 0.2) is 35.1 Å². The fraction of sp³-hybridized carbons (Fsp3) is 0.474. The Bertz CT molecular complexity index is 706. The molecule has 3 rings (SSSR count). The molecule has 0 aliphatic carbocycles. The molecule has 0 saturated carbocycles. The molecule has 2 heterocycles. The molecule has 0 fully saturated rings. The Morgan fingerprint density at radius 3 is 2.78 bits per heavy atom. The average molecular weight is 311 g/mol. The Morgan fingerprint density at radius 2 is 2.04 bits per heavy atom. The maximum absolute atomic E-state index is 12.4. The Kier molecular flexibility index (Phi) is 4.91. The van der Waals surface area contributed by atoms with Gasteiger partial charge in [0, 0.05) is 32.5 Å². The van der Waals surface area contributed by atoms with Crippen molar-refractivity contribution in [2.75, 3.05) is 6.54 Å². The number of aromatic amines is 1. The van der Waals surface area contributed by atoms with Gasteiger partial charge in [-0.05, 0) is 17.9 Å². The molecule has 1 aromatic carbocycles. The van der Waals surface area contributed by atoms with E-state index in [0.717, 1.165) is 49.4 Å². The Balaban J connectivity index is 1.72. The molecule has 1 aromatic heterocycles. The number of aryl methyl sites for hydroxylation is 1. The number of nitrogens with zero attached hydrogens (tertiary/aromatic N) is 2. The Hall–Kier alpha value is -1.94. The molecule has 4 heteroatoms. The fourth-order valence-corrected chi connectivity index (χ4v) is 3.05. The number of hydrogen-bond donors (Lipinski definition) is 1. The predicted molar refractivity (Wildman–Crippen MR) is 92.3 cm³/mol. The molecular weight excluding hydrogens is 286 g/mol. The lowest BCUT2D eigenvalue weighted by Crippen LogP contribution is -2.35. The van der Waals surface area contributed by atoms with Crippen molar-refractivity contribution >= 4 is 0 Å². The van der Waals surface area contributed by atoms with Crippen molar-refractivity contribution in [1.29, 1.82) is 0 Å². The van der Waals surface area contributed by atoms with Gasteiger partial charge in [-0.1, -0.05) is 44.2 Å². The van der Waals surface area contributed by atoms with Gasteiger partial charge in [-0.25, -0.2) is 4.98 Å². The number of H-pyrrole nitrogens is 1. The smallest absolute Gasteiger partial charge is 0.255 e. The molecule has 0 amide bonds. The summed E-state index contributed by atoms with van der Waals surface area (Å²) in [6, 6.07) is 10.4. The monoisotopic (exact) mass is 311 g/mol. The molecule has 2 aromatic rings. The highest BCUT2D eigenvalue weighted by Gasteiger charge is 2.21. The summed E-state index contributed by atoms with van der Waals surface area (Å²) in [5.74, 6) is 1.47. The molecule has 0 atom stereocenters. The third-order valence-corrected chi connectivity index (χ3v) is 4.40. The zero-order chi connectivity index (χ0) is 16.2. The maximum atomic E-state index is 12.4. The number of rotatable bonds is 5.